The number of aromatic nitrogens is 2. The van der Waals surface area contributed by atoms with Crippen LogP contribution in [0.4, 0.5) is 11.4 Å². The topological polar surface area (TPSA) is 70.5 Å². The van der Waals surface area contributed by atoms with Crippen molar-refractivity contribution in [1.82, 2.24) is 14.7 Å². The summed E-state index contributed by atoms with van der Waals surface area (Å²) in [5.74, 6) is 0.154. The Balaban J connectivity index is 1.21. The van der Waals surface area contributed by atoms with E-state index in [0.717, 1.165) is 41.8 Å². The Morgan fingerprint density at radius 3 is 2.29 bits per heavy atom. The van der Waals surface area contributed by atoms with E-state index < -0.39 is 5.41 Å². The first-order chi connectivity index (χ1) is 20.0. The minimum Gasteiger partial charge on any atom is -0.378 e. The third-order valence-electron chi connectivity index (χ3n) is 8.22. The number of benzene rings is 3. The summed E-state index contributed by atoms with van der Waals surface area (Å²) in [6, 6.07) is 25.7. The van der Waals surface area contributed by atoms with Gasteiger partial charge >= 0.3 is 0 Å². The number of halogens is 1. The molecule has 4 aromatic rings. The molecule has 1 amide bonds. The van der Waals surface area contributed by atoms with E-state index in [2.05, 4.69) is 27.4 Å². The molecule has 0 spiro atoms. The predicted octanol–water partition coefficient (Wildman–Crippen LogP) is 5.23. The highest BCUT2D eigenvalue weighted by molar-refractivity contribution is 6.32. The van der Waals surface area contributed by atoms with Gasteiger partial charge in [0.1, 0.15) is 5.69 Å². The quantitative estimate of drug-likeness (QED) is 0.316. The molecule has 1 aliphatic heterocycles. The third-order valence-corrected chi connectivity index (χ3v) is 8.54. The van der Waals surface area contributed by atoms with Gasteiger partial charge in [-0.3, -0.25) is 9.59 Å². The van der Waals surface area contributed by atoms with Crippen molar-refractivity contribution in [2.24, 2.45) is 0 Å². The summed E-state index contributed by atoms with van der Waals surface area (Å²) in [5, 5.41) is 8.64. The van der Waals surface area contributed by atoms with Crippen LogP contribution in [-0.4, -0.2) is 53.3 Å². The Labute approximate surface area is 245 Å². The van der Waals surface area contributed by atoms with Gasteiger partial charge in [0, 0.05) is 37.7 Å². The number of amides is 1. The second kappa shape index (κ2) is 11.4. The molecule has 0 radical (unpaired) electrons. The van der Waals surface area contributed by atoms with Crippen LogP contribution in [0.25, 0.3) is 5.69 Å². The Morgan fingerprint density at radius 1 is 0.951 bits per heavy atom. The molecule has 2 fully saturated rings. The highest BCUT2D eigenvalue weighted by Gasteiger charge is 2.54. The molecule has 7 nitrogen and oxygen atoms in total. The largest absolute Gasteiger partial charge is 0.378 e. The summed E-state index contributed by atoms with van der Waals surface area (Å²) in [4.78, 5) is 31.6. The zero-order valence-electron chi connectivity index (χ0n) is 23.2. The first-order valence-corrected chi connectivity index (χ1v) is 14.6. The maximum Gasteiger partial charge on any atom is 0.296 e. The molecule has 41 heavy (non-hydrogen) atoms. The van der Waals surface area contributed by atoms with Crippen molar-refractivity contribution >= 4 is 28.9 Å². The number of para-hydroxylation sites is 1. The highest BCUT2D eigenvalue weighted by Crippen LogP contribution is 2.52. The normalized spacial score (nSPS) is 16.0. The van der Waals surface area contributed by atoms with Gasteiger partial charge in [-0.05, 0) is 61.1 Å². The summed E-state index contributed by atoms with van der Waals surface area (Å²) in [5.41, 5.74) is 4.56. The maximum atomic E-state index is 13.7. The average Bonchev–Trinajstić information content (AvgIpc) is 3.80. The van der Waals surface area contributed by atoms with Crippen LogP contribution in [0.15, 0.2) is 89.9 Å². The van der Waals surface area contributed by atoms with Crippen LogP contribution in [0, 0.1) is 6.92 Å². The Hall–Kier alpha value is -4.10. The summed E-state index contributed by atoms with van der Waals surface area (Å²) < 4.78 is 1.44. The first-order valence-electron chi connectivity index (χ1n) is 14.2. The average molecular weight is 568 g/mol. The van der Waals surface area contributed by atoms with Gasteiger partial charge in [-0.15, -0.1) is 0 Å². The van der Waals surface area contributed by atoms with Crippen LogP contribution < -0.4 is 15.8 Å². The molecule has 210 valence electrons. The van der Waals surface area contributed by atoms with Gasteiger partial charge in [0.15, 0.2) is 0 Å². The molecule has 8 heteroatoms. The van der Waals surface area contributed by atoms with Crippen LogP contribution >= 0.6 is 11.6 Å². The number of rotatable bonds is 8. The summed E-state index contributed by atoms with van der Waals surface area (Å²) in [6.07, 6.45) is 4.21. The van der Waals surface area contributed by atoms with E-state index in [9.17, 15) is 9.59 Å². The van der Waals surface area contributed by atoms with E-state index in [4.69, 9.17) is 11.6 Å². The number of nitrogens with one attached hydrogen (secondary N) is 1. The van der Waals surface area contributed by atoms with Crippen LogP contribution in [0.3, 0.4) is 0 Å². The minimum absolute atomic E-state index is 0.154. The molecular formula is C33H34ClN5O2. The Bertz CT molecular complexity index is 1590. The van der Waals surface area contributed by atoms with Crippen molar-refractivity contribution in [1.29, 1.82) is 0 Å². The standard InChI is InChI=1S/C33H34ClN5O2/c1-24-12-13-27(28(34)22-24)33(15-16-33)32(41)38-20-18-37(19-21-38)29-23-36-39(26-10-6-3-7-11-26)31(40)30(29)35-17-14-25-8-4-2-5-9-25/h2-13,22-23,35H,14-21H2,1H3. The second-order valence-electron chi connectivity index (χ2n) is 11.0. The third kappa shape index (κ3) is 5.46. The van der Waals surface area contributed by atoms with Gasteiger partial charge in [-0.2, -0.15) is 9.78 Å². The van der Waals surface area contributed by atoms with Crippen molar-refractivity contribution in [3.63, 3.8) is 0 Å². The van der Waals surface area contributed by atoms with Gasteiger partial charge in [0.25, 0.3) is 5.56 Å². The molecule has 0 atom stereocenters. The molecule has 1 aromatic heterocycles. The van der Waals surface area contributed by atoms with Gasteiger partial charge in [-0.1, -0.05) is 72.3 Å². The lowest BCUT2D eigenvalue weighted by molar-refractivity contribution is -0.134. The van der Waals surface area contributed by atoms with Gasteiger partial charge in [-0.25, -0.2) is 0 Å². The van der Waals surface area contributed by atoms with Crippen LogP contribution in [0.5, 0.6) is 0 Å². The summed E-state index contributed by atoms with van der Waals surface area (Å²) in [7, 11) is 0. The molecule has 2 heterocycles. The Kier molecular flexibility index (Phi) is 7.54. The van der Waals surface area contributed by atoms with Crippen LogP contribution in [0.1, 0.15) is 29.5 Å². The zero-order chi connectivity index (χ0) is 28.4. The van der Waals surface area contributed by atoms with Crippen molar-refractivity contribution in [2.45, 2.75) is 31.6 Å². The molecule has 0 bridgehead atoms. The number of nitrogens with zero attached hydrogens (tertiary/aromatic N) is 4. The molecule has 1 saturated carbocycles. The summed E-state index contributed by atoms with van der Waals surface area (Å²) >= 11 is 6.59. The highest BCUT2D eigenvalue weighted by atomic mass is 35.5. The predicted molar refractivity (Wildman–Crippen MR) is 164 cm³/mol. The van der Waals surface area contributed by atoms with Crippen LogP contribution in [-0.2, 0) is 16.6 Å². The van der Waals surface area contributed by atoms with Crippen molar-refractivity contribution in [3.8, 4) is 5.69 Å². The van der Waals surface area contributed by atoms with Gasteiger partial charge < -0.3 is 15.1 Å². The fraction of sp³-hybridized carbons (Fsp3) is 0.303. The number of piperazine rings is 1. The van der Waals surface area contributed by atoms with Crippen LogP contribution in [0.2, 0.25) is 5.02 Å². The lowest BCUT2D eigenvalue weighted by Crippen LogP contribution is -2.52. The number of aryl methyl sites for hydroxylation is 1. The zero-order valence-corrected chi connectivity index (χ0v) is 24.0. The number of anilines is 2. The van der Waals surface area contributed by atoms with E-state index in [0.29, 0.717) is 43.4 Å². The monoisotopic (exact) mass is 567 g/mol. The van der Waals surface area contributed by atoms with Crippen molar-refractivity contribution < 1.29 is 4.79 Å². The molecule has 0 unspecified atom stereocenters. The van der Waals surface area contributed by atoms with E-state index in [1.807, 2.05) is 78.6 Å². The molecular weight excluding hydrogens is 534 g/mol. The molecule has 1 saturated heterocycles. The smallest absolute Gasteiger partial charge is 0.296 e. The van der Waals surface area contributed by atoms with Crippen molar-refractivity contribution in [2.75, 3.05) is 42.9 Å². The van der Waals surface area contributed by atoms with E-state index in [1.54, 1.807) is 6.20 Å². The number of carbonyl (C=O) groups excluding carboxylic acids is 1. The number of hydrogen-bond donors (Lipinski definition) is 1. The molecule has 3 aromatic carbocycles. The van der Waals surface area contributed by atoms with Crippen molar-refractivity contribution in [3.05, 3.63) is 117 Å². The lowest BCUT2D eigenvalue weighted by Gasteiger charge is -2.38. The number of hydrogen-bond acceptors (Lipinski definition) is 5. The minimum atomic E-state index is -0.505. The molecule has 2 aliphatic rings. The summed E-state index contributed by atoms with van der Waals surface area (Å²) in [6.45, 7) is 5.02. The first kappa shape index (κ1) is 27.1. The Morgan fingerprint density at radius 2 is 1.63 bits per heavy atom. The molecule has 6 rings (SSSR count). The van der Waals surface area contributed by atoms with E-state index in [1.165, 1.54) is 10.2 Å². The molecule has 1 N–H and O–H groups in total. The second-order valence-corrected chi connectivity index (χ2v) is 11.4. The fourth-order valence-corrected chi connectivity index (χ4v) is 6.18. The SMILES string of the molecule is Cc1ccc(C2(C(=O)N3CCN(c4cnn(-c5ccccc5)c(=O)c4NCCc4ccccc4)CC3)CC2)c(Cl)c1. The van der Waals surface area contributed by atoms with Gasteiger partial charge in [0.05, 0.1) is 23.0 Å². The van der Waals surface area contributed by atoms with E-state index >= 15 is 0 Å². The lowest BCUT2D eigenvalue weighted by atomic mass is 9.93. The van der Waals surface area contributed by atoms with E-state index in [-0.39, 0.29) is 11.5 Å². The van der Waals surface area contributed by atoms with Gasteiger partial charge in [0.2, 0.25) is 5.91 Å². The number of carbonyl (C=O) groups is 1. The fourth-order valence-electron chi connectivity index (χ4n) is 5.77. The maximum absolute atomic E-state index is 13.7. The molecule has 1 aliphatic carbocycles.